The van der Waals surface area contributed by atoms with E-state index in [4.69, 9.17) is 5.73 Å². The highest BCUT2D eigenvalue weighted by molar-refractivity contribution is 5.72. The SMILES string of the molecule is NC(=O)N1CCC(F)(c2ccccn2)CC1. The summed E-state index contributed by atoms with van der Waals surface area (Å²) < 4.78 is 14.5. The lowest BCUT2D eigenvalue weighted by atomic mass is 9.90. The molecule has 0 saturated carbocycles. The zero-order chi connectivity index (χ0) is 11.6. The quantitative estimate of drug-likeness (QED) is 0.782. The Labute approximate surface area is 93.3 Å². The summed E-state index contributed by atoms with van der Waals surface area (Å²) in [5, 5.41) is 0. The zero-order valence-corrected chi connectivity index (χ0v) is 8.90. The van der Waals surface area contributed by atoms with Gasteiger partial charge in [-0.25, -0.2) is 9.18 Å². The average Bonchev–Trinajstić information content (AvgIpc) is 2.31. The lowest BCUT2D eigenvalue weighted by Gasteiger charge is -2.35. The van der Waals surface area contributed by atoms with Crippen molar-refractivity contribution in [2.24, 2.45) is 5.73 Å². The van der Waals surface area contributed by atoms with E-state index in [-0.39, 0.29) is 12.8 Å². The number of hydrogen-bond acceptors (Lipinski definition) is 2. The molecule has 0 radical (unpaired) electrons. The van der Waals surface area contributed by atoms with E-state index in [1.807, 2.05) is 0 Å². The molecule has 1 saturated heterocycles. The highest BCUT2D eigenvalue weighted by Gasteiger charge is 2.38. The molecule has 2 N–H and O–H groups in total. The number of primary amides is 1. The number of nitrogens with zero attached hydrogens (tertiary/aromatic N) is 2. The van der Waals surface area contributed by atoms with Gasteiger partial charge < -0.3 is 10.6 Å². The predicted molar refractivity (Wildman–Crippen MR) is 57.4 cm³/mol. The molecule has 0 aromatic carbocycles. The van der Waals surface area contributed by atoms with Crippen LogP contribution in [-0.2, 0) is 5.67 Å². The van der Waals surface area contributed by atoms with Crippen LogP contribution >= 0.6 is 0 Å². The first-order chi connectivity index (χ1) is 7.62. The van der Waals surface area contributed by atoms with E-state index in [9.17, 15) is 9.18 Å². The summed E-state index contributed by atoms with van der Waals surface area (Å²) in [5.74, 6) is 0. The highest BCUT2D eigenvalue weighted by atomic mass is 19.1. The van der Waals surface area contributed by atoms with Crippen molar-refractivity contribution in [3.8, 4) is 0 Å². The highest BCUT2D eigenvalue weighted by Crippen LogP contribution is 2.35. The van der Waals surface area contributed by atoms with Crippen LogP contribution in [0.2, 0.25) is 0 Å². The van der Waals surface area contributed by atoms with Gasteiger partial charge >= 0.3 is 6.03 Å². The van der Waals surface area contributed by atoms with Gasteiger partial charge in [-0.3, -0.25) is 4.98 Å². The van der Waals surface area contributed by atoms with Crippen molar-refractivity contribution < 1.29 is 9.18 Å². The number of piperidine rings is 1. The maximum Gasteiger partial charge on any atom is 0.314 e. The molecule has 0 bridgehead atoms. The molecule has 1 fully saturated rings. The molecule has 0 unspecified atom stereocenters. The van der Waals surface area contributed by atoms with E-state index < -0.39 is 11.7 Å². The van der Waals surface area contributed by atoms with Gasteiger partial charge in [-0.2, -0.15) is 0 Å². The van der Waals surface area contributed by atoms with Crippen molar-refractivity contribution in [3.05, 3.63) is 30.1 Å². The average molecular weight is 223 g/mol. The Kier molecular flexibility index (Phi) is 2.77. The Morgan fingerprint density at radius 2 is 2.12 bits per heavy atom. The van der Waals surface area contributed by atoms with Crippen molar-refractivity contribution >= 4 is 6.03 Å². The fraction of sp³-hybridized carbons (Fsp3) is 0.455. The number of urea groups is 1. The Balaban J connectivity index is 2.10. The van der Waals surface area contributed by atoms with Crippen molar-refractivity contribution in [1.29, 1.82) is 0 Å². The maximum absolute atomic E-state index is 14.5. The molecule has 86 valence electrons. The smallest absolute Gasteiger partial charge is 0.314 e. The second kappa shape index (κ2) is 4.08. The van der Waals surface area contributed by atoms with Crippen LogP contribution in [0.1, 0.15) is 18.5 Å². The molecule has 16 heavy (non-hydrogen) atoms. The fourth-order valence-electron chi connectivity index (χ4n) is 1.97. The third-order valence-corrected chi connectivity index (χ3v) is 2.99. The van der Waals surface area contributed by atoms with Crippen LogP contribution in [0.15, 0.2) is 24.4 Å². The number of rotatable bonds is 1. The van der Waals surface area contributed by atoms with Gasteiger partial charge in [0.05, 0.1) is 5.69 Å². The monoisotopic (exact) mass is 223 g/mol. The summed E-state index contributed by atoms with van der Waals surface area (Å²) in [5.41, 5.74) is 4.16. The largest absolute Gasteiger partial charge is 0.351 e. The third kappa shape index (κ3) is 1.98. The van der Waals surface area contributed by atoms with Crippen LogP contribution in [0.3, 0.4) is 0 Å². The van der Waals surface area contributed by atoms with Crippen molar-refractivity contribution in [2.45, 2.75) is 18.5 Å². The normalized spacial score (nSPS) is 19.4. The maximum atomic E-state index is 14.5. The number of halogens is 1. The van der Waals surface area contributed by atoms with E-state index >= 15 is 0 Å². The molecule has 1 aliphatic rings. The molecule has 2 heterocycles. The number of pyridine rings is 1. The van der Waals surface area contributed by atoms with Crippen LogP contribution in [0.4, 0.5) is 9.18 Å². The number of carbonyl (C=O) groups excluding carboxylic acids is 1. The topological polar surface area (TPSA) is 59.2 Å². The molecule has 2 rings (SSSR count). The number of carbonyl (C=O) groups is 1. The zero-order valence-electron chi connectivity index (χ0n) is 8.90. The van der Waals surface area contributed by atoms with Crippen LogP contribution in [-0.4, -0.2) is 29.0 Å². The van der Waals surface area contributed by atoms with E-state index in [1.54, 1.807) is 24.4 Å². The minimum absolute atomic E-state index is 0.257. The van der Waals surface area contributed by atoms with Crippen molar-refractivity contribution in [1.82, 2.24) is 9.88 Å². The summed E-state index contributed by atoms with van der Waals surface area (Å²) in [4.78, 5) is 16.4. The fourth-order valence-corrected chi connectivity index (χ4v) is 1.97. The first kappa shape index (κ1) is 10.9. The van der Waals surface area contributed by atoms with E-state index in [0.29, 0.717) is 18.8 Å². The standard InChI is InChI=1S/C11H14FN3O/c12-11(9-3-1-2-6-14-9)4-7-15(8-5-11)10(13)16/h1-3,6H,4-5,7-8H2,(H2,13,16). The number of nitrogens with two attached hydrogens (primary N) is 1. The number of aromatic nitrogens is 1. The van der Waals surface area contributed by atoms with Gasteiger partial charge in [0.25, 0.3) is 0 Å². The molecule has 0 aliphatic carbocycles. The van der Waals surface area contributed by atoms with Crippen LogP contribution in [0.5, 0.6) is 0 Å². The van der Waals surface area contributed by atoms with Crippen LogP contribution in [0.25, 0.3) is 0 Å². The molecule has 1 aromatic heterocycles. The second-order valence-electron chi connectivity index (χ2n) is 4.01. The van der Waals surface area contributed by atoms with E-state index in [0.717, 1.165) is 0 Å². The van der Waals surface area contributed by atoms with Gasteiger partial charge in [-0.05, 0) is 12.1 Å². The second-order valence-corrected chi connectivity index (χ2v) is 4.01. The van der Waals surface area contributed by atoms with Crippen LogP contribution in [0, 0.1) is 0 Å². The summed E-state index contributed by atoms with van der Waals surface area (Å²) >= 11 is 0. The van der Waals surface area contributed by atoms with Crippen molar-refractivity contribution in [3.63, 3.8) is 0 Å². The number of alkyl halides is 1. The number of likely N-dealkylation sites (tertiary alicyclic amines) is 1. The Bertz CT molecular complexity index is 374. The summed E-state index contributed by atoms with van der Waals surface area (Å²) in [7, 11) is 0. The molecule has 4 nitrogen and oxygen atoms in total. The Morgan fingerprint density at radius 1 is 1.44 bits per heavy atom. The van der Waals surface area contributed by atoms with E-state index in [1.165, 1.54) is 4.90 Å². The molecular weight excluding hydrogens is 209 g/mol. The van der Waals surface area contributed by atoms with E-state index in [2.05, 4.69) is 4.98 Å². The lowest BCUT2D eigenvalue weighted by molar-refractivity contribution is 0.0674. The Morgan fingerprint density at radius 3 is 2.62 bits per heavy atom. The summed E-state index contributed by atoms with van der Waals surface area (Å²) in [6, 6.07) is 4.72. The minimum Gasteiger partial charge on any atom is -0.351 e. The van der Waals surface area contributed by atoms with Gasteiger partial charge in [0, 0.05) is 32.1 Å². The molecule has 1 aromatic rings. The van der Waals surface area contributed by atoms with Gasteiger partial charge in [-0.1, -0.05) is 6.07 Å². The first-order valence-corrected chi connectivity index (χ1v) is 5.27. The Hall–Kier alpha value is -1.65. The first-order valence-electron chi connectivity index (χ1n) is 5.27. The molecule has 5 heteroatoms. The number of amides is 2. The molecular formula is C11H14FN3O. The third-order valence-electron chi connectivity index (χ3n) is 2.99. The van der Waals surface area contributed by atoms with Gasteiger partial charge in [-0.15, -0.1) is 0 Å². The van der Waals surface area contributed by atoms with Crippen LogP contribution < -0.4 is 5.73 Å². The molecule has 1 aliphatic heterocycles. The van der Waals surface area contributed by atoms with Gasteiger partial charge in [0.15, 0.2) is 5.67 Å². The molecule has 0 spiro atoms. The van der Waals surface area contributed by atoms with Crippen molar-refractivity contribution in [2.75, 3.05) is 13.1 Å². The summed E-state index contributed by atoms with van der Waals surface area (Å²) in [6.45, 7) is 0.699. The molecule has 0 atom stereocenters. The molecule has 2 amide bonds. The predicted octanol–water partition coefficient (Wildman–Crippen LogP) is 1.42. The minimum atomic E-state index is -1.42. The lowest BCUT2D eigenvalue weighted by Crippen LogP contribution is -2.45. The van der Waals surface area contributed by atoms with Gasteiger partial charge in [0.2, 0.25) is 0 Å². The van der Waals surface area contributed by atoms with Gasteiger partial charge in [0.1, 0.15) is 0 Å². The summed E-state index contributed by atoms with van der Waals surface area (Å²) in [6.07, 6.45) is 2.09. The number of hydrogen-bond donors (Lipinski definition) is 1.